The monoisotopic (exact) mass is 622 g/mol. The van der Waals surface area contributed by atoms with Crippen molar-refractivity contribution >= 4 is 53.3 Å². The van der Waals surface area contributed by atoms with E-state index in [2.05, 4.69) is 114 Å². The quantitative estimate of drug-likeness (QED) is 0.263. The Morgan fingerprint density at radius 1 is 0.862 bits per heavy atom. The maximum atomic E-state index is 2.62. The third kappa shape index (κ3) is 3.21. The Labute approximate surface area is 210 Å². The van der Waals surface area contributed by atoms with Crippen molar-refractivity contribution in [2.75, 3.05) is 0 Å². The van der Waals surface area contributed by atoms with Gasteiger partial charge in [-0.15, -0.1) is 0 Å². The Kier molecular flexibility index (Phi) is 6.34. The van der Waals surface area contributed by atoms with Crippen LogP contribution in [-0.4, -0.2) is 0 Å². The van der Waals surface area contributed by atoms with E-state index >= 15 is 0 Å². The van der Waals surface area contributed by atoms with Gasteiger partial charge in [0.1, 0.15) is 0 Å². The average Bonchev–Trinajstić information content (AvgIpc) is 3.21. The van der Waals surface area contributed by atoms with E-state index in [1.165, 1.54) is 16.4 Å². The van der Waals surface area contributed by atoms with Crippen LogP contribution in [0.25, 0.3) is 12.2 Å². The van der Waals surface area contributed by atoms with Crippen molar-refractivity contribution in [1.82, 2.24) is 0 Å². The molecule has 6 rings (SSSR count). The second-order valence-corrected chi connectivity index (χ2v) is 16.0. The number of hydrogen-bond acceptors (Lipinski definition) is 0. The zero-order valence-corrected chi connectivity index (χ0v) is 22.3. The molecule has 1 spiro atoms. The van der Waals surface area contributed by atoms with Crippen molar-refractivity contribution in [3.63, 3.8) is 0 Å². The first kappa shape index (κ1) is 22.0. The van der Waals surface area contributed by atoms with Gasteiger partial charge in [0.2, 0.25) is 0 Å². The van der Waals surface area contributed by atoms with Crippen LogP contribution in [0.4, 0.5) is 0 Å². The van der Waals surface area contributed by atoms with Gasteiger partial charge < -0.3 is 24.8 Å². The number of rotatable bonds is 1. The maximum absolute atomic E-state index is 2.62. The van der Waals surface area contributed by atoms with Crippen LogP contribution in [0, 0.1) is 0 Å². The number of halogens is 3. The van der Waals surface area contributed by atoms with E-state index < -0.39 is 31.2 Å². The SMILES string of the molecule is IC1=Cc2c3cccc2P(c2ccccc2)[C]2(C=Cc4ccccc42)[Zr+2][CH]13.[Cl-].[Cl-]. The van der Waals surface area contributed by atoms with E-state index in [1.807, 2.05) is 0 Å². The zero-order valence-electron chi connectivity index (χ0n) is 15.3. The van der Waals surface area contributed by atoms with Crippen LogP contribution in [0.3, 0.4) is 0 Å². The molecule has 0 nitrogen and oxygen atoms in total. The van der Waals surface area contributed by atoms with Crippen LogP contribution in [0.5, 0.6) is 0 Å². The van der Waals surface area contributed by atoms with Gasteiger partial charge in [-0.25, -0.2) is 0 Å². The standard InChI is InChI=1S/C24H16IP.2ClH.Zr/c25-19-15-18-8-6-12-23(22(18)16-19)26(20-9-2-1-3-10-20)24-14-13-17-7-4-5-11-21(17)24;;;/h1-16H;2*1H;/q;;;+2/p-2. The van der Waals surface area contributed by atoms with Crippen LogP contribution in [0.15, 0.2) is 82.5 Å². The molecule has 3 aromatic rings. The zero-order chi connectivity index (χ0) is 18.0. The van der Waals surface area contributed by atoms with Gasteiger partial charge in [-0.1, -0.05) is 0 Å². The van der Waals surface area contributed by atoms with Crippen LogP contribution >= 0.6 is 30.5 Å². The summed E-state index contributed by atoms with van der Waals surface area (Å²) in [6.45, 7) is 0. The minimum atomic E-state index is -0.851. The van der Waals surface area contributed by atoms with Crippen molar-refractivity contribution in [2.45, 2.75) is 6.49 Å². The molecule has 3 aliphatic rings. The molecule has 0 aromatic heterocycles. The van der Waals surface area contributed by atoms with E-state index in [0.29, 0.717) is 3.63 Å². The summed E-state index contributed by atoms with van der Waals surface area (Å²) in [5.41, 5.74) is 6.19. The summed E-state index contributed by atoms with van der Waals surface area (Å²) in [5, 5.41) is 3.12. The molecule has 0 N–H and O–H groups in total. The third-order valence-corrected chi connectivity index (χ3v) is 17.8. The third-order valence-electron chi connectivity index (χ3n) is 5.83. The van der Waals surface area contributed by atoms with E-state index in [4.69, 9.17) is 0 Å². The Balaban J connectivity index is 0.00000102. The molecule has 0 saturated heterocycles. The molecule has 5 heteroatoms. The molecule has 29 heavy (non-hydrogen) atoms. The van der Waals surface area contributed by atoms with Crippen LogP contribution in [0.2, 0.25) is 0 Å². The van der Waals surface area contributed by atoms with Gasteiger partial charge in [-0.3, -0.25) is 0 Å². The largest absolute Gasteiger partial charge is 1.00 e. The first-order chi connectivity index (χ1) is 13.3. The fraction of sp³-hybridized carbons (Fsp3) is 0.0833. The summed E-state index contributed by atoms with van der Waals surface area (Å²) in [7, 11) is -0.445. The Morgan fingerprint density at radius 3 is 2.45 bits per heavy atom. The summed E-state index contributed by atoms with van der Waals surface area (Å²) in [4.78, 5) is 0. The molecular weight excluding hydrogens is 608 g/mol. The van der Waals surface area contributed by atoms with Gasteiger partial charge in [0.25, 0.3) is 0 Å². The first-order valence-corrected chi connectivity index (χ1v) is 14.3. The molecule has 3 unspecified atom stereocenters. The summed E-state index contributed by atoms with van der Waals surface area (Å²) >= 11 is 1.77. The molecule has 1 aliphatic heterocycles. The molecule has 3 aromatic carbocycles. The molecular formula is C24H16Cl2IPZr. The maximum Gasteiger partial charge on any atom is -1.00 e. The molecule has 0 radical (unpaired) electrons. The van der Waals surface area contributed by atoms with Crippen LogP contribution in [-0.2, 0) is 26.1 Å². The average molecular weight is 624 g/mol. The Bertz CT molecular complexity index is 1140. The van der Waals surface area contributed by atoms with E-state index in [9.17, 15) is 0 Å². The minimum Gasteiger partial charge on any atom is -1.00 e. The van der Waals surface area contributed by atoms with Crippen molar-refractivity contribution in [3.8, 4) is 0 Å². The molecule has 3 atom stereocenters. The summed E-state index contributed by atoms with van der Waals surface area (Å²) in [5.74, 6) is 0. The van der Waals surface area contributed by atoms with Crippen molar-refractivity contribution in [3.05, 3.63) is 105 Å². The summed E-state index contributed by atoms with van der Waals surface area (Å²) in [6.07, 6.45) is 7.52. The van der Waals surface area contributed by atoms with Gasteiger partial charge >= 0.3 is 188 Å². The van der Waals surface area contributed by atoms with Crippen molar-refractivity contribution in [2.24, 2.45) is 0 Å². The number of fused-ring (bicyclic) bond motifs is 2. The number of allylic oxidation sites excluding steroid dienone is 2. The van der Waals surface area contributed by atoms with Gasteiger partial charge in [-0.2, -0.15) is 0 Å². The normalized spacial score (nSPS) is 24.4. The van der Waals surface area contributed by atoms with E-state index in [0.717, 1.165) is 0 Å². The second-order valence-electron chi connectivity index (χ2n) is 7.24. The Hall–Kier alpha value is -0.237. The molecule has 0 fully saturated rings. The van der Waals surface area contributed by atoms with Crippen molar-refractivity contribution in [1.29, 1.82) is 0 Å². The minimum absolute atomic E-state index is 0. The van der Waals surface area contributed by atoms with Gasteiger partial charge in [0.05, 0.1) is 0 Å². The van der Waals surface area contributed by atoms with Gasteiger partial charge in [-0.05, 0) is 0 Å². The predicted octanol–water partition coefficient (Wildman–Crippen LogP) is -0.0662. The molecule has 1 heterocycles. The Morgan fingerprint density at radius 2 is 1.62 bits per heavy atom. The molecule has 0 amide bonds. The molecule has 4 bridgehead atoms. The predicted molar refractivity (Wildman–Crippen MR) is 121 cm³/mol. The molecule has 2 aliphatic carbocycles. The first-order valence-electron chi connectivity index (χ1n) is 9.20. The van der Waals surface area contributed by atoms with Gasteiger partial charge in [0, 0.05) is 0 Å². The number of hydrogen-bond donors (Lipinski definition) is 0. The van der Waals surface area contributed by atoms with E-state index in [-0.39, 0.29) is 27.7 Å². The van der Waals surface area contributed by atoms with Crippen molar-refractivity contribution < 1.29 is 48.0 Å². The van der Waals surface area contributed by atoms with Gasteiger partial charge in [0.15, 0.2) is 0 Å². The smallest absolute Gasteiger partial charge is 1.00 e. The summed E-state index contributed by atoms with van der Waals surface area (Å²) in [6, 6.07) is 27.6. The number of benzene rings is 3. The van der Waals surface area contributed by atoms with E-state index in [1.54, 1.807) is 20.0 Å². The fourth-order valence-electron chi connectivity index (χ4n) is 4.70. The second kappa shape index (κ2) is 8.36. The topological polar surface area (TPSA) is 0 Å². The van der Waals surface area contributed by atoms with Crippen LogP contribution in [0.1, 0.15) is 25.9 Å². The molecule has 142 valence electrons. The summed E-state index contributed by atoms with van der Waals surface area (Å²) < 4.78 is 2.51. The fourth-order valence-corrected chi connectivity index (χ4v) is 16.8. The molecule has 0 saturated carbocycles. The van der Waals surface area contributed by atoms with Crippen LogP contribution < -0.4 is 35.4 Å².